The number of aromatic nitrogens is 4. The molecule has 0 spiro atoms. The quantitative estimate of drug-likeness (QED) is 0.228. The zero-order valence-electron chi connectivity index (χ0n) is 18.9. The highest BCUT2D eigenvalue weighted by molar-refractivity contribution is 6.08. The molecule has 9 nitrogen and oxygen atoms in total. The molecule has 4 aromatic heterocycles. The van der Waals surface area contributed by atoms with E-state index in [1.165, 1.54) is 28.8 Å². The van der Waals surface area contributed by atoms with Crippen LogP contribution in [-0.4, -0.2) is 24.2 Å². The summed E-state index contributed by atoms with van der Waals surface area (Å²) >= 11 is 0. The summed E-state index contributed by atoms with van der Waals surface area (Å²) < 4.78 is 48.5. The predicted molar refractivity (Wildman–Crippen MR) is 128 cm³/mol. The summed E-state index contributed by atoms with van der Waals surface area (Å²) in [5, 5.41) is 15.8. The summed E-state index contributed by atoms with van der Waals surface area (Å²) in [5.41, 5.74) is -0.0816. The number of fused-ring (bicyclic) bond motifs is 4. The first-order valence-electron chi connectivity index (χ1n) is 10.9. The van der Waals surface area contributed by atoms with E-state index in [4.69, 9.17) is 4.52 Å². The minimum Gasteiger partial charge on any atom is -0.354 e. The van der Waals surface area contributed by atoms with Crippen molar-refractivity contribution in [2.75, 3.05) is 0 Å². The summed E-state index contributed by atoms with van der Waals surface area (Å²) in [6.07, 6.45) is -4.71. The molecule has 184 valence electrons. The van der Waals surface area contributed by atoms with Gasteiger partial charge in [0.2, 0.25) is 0 Å². The second-order valence-corrected chi connectivity index (χ2v) is 8.35. The van der Waals surface area contributed by atoms with Crippen LogP contribution in [0.15, 0.2) is 76.0 Å². The number of nitro benzene ring substituents is 1. The van der Waals surface area contributed by atoms with E-state index in [-0.39, 0.29) is 28.0 Å². The van der Waals surface area contributed by atoms with Crippen LogP contribution in [0.4, 0.5) is 18.9 Å². The molecule has 12 heteroatoms. The number of hydrogen-bond acceptors (Lipinski definition) is 6. The molecule has 0 aliphatic heterocycles. The SMILES string of the molecule is Cn1c2ccccc2c2c1cc(-c1noc3ccc(C(F)(F)F)nc13)c(=O)n2-c1ccc([N+](=O)[O-])cc1. The van der Waals surface area contributed by atoms with Gasteiger partial charge in [-0.25, -0.2) is 4.98 Å². The molecule has 0 aliphatic rings. The Hall–Kier alpha value is -5.00. The molecule has 0 unspecified atom stereocenters. The molecule has 0 saturated carbocycles. The van der Waals surface area contributed by atoms with Crippen molar-refractivity contribution in [2.45, 2.75) is 6.18 Å². The van der Waals surface area contributed by atoms with Crippen molar-refractivity contribution < 1.29 is 22.6 Å². The Bertz CT molecular complexity index is 1930. The van der Waals surface area contributed by atoms with Crippen LogP contribution in [0.3, 0.4) is 0 Å². The van der Waals surface area contributed by atoms with Crippen molar-refractivity contribution in [3.8, 4) is 16.9 Å². The van der Waals surface area contributed by atoms with Gasteiger partial charge in [-0.2, -0.15) is 13.2 Å². The summed E-state index contributed by atoms with van der Waals surface area (Å²) in [7, 11) is 1.79. The molecule has 0 N–H and O–H groups in total. The van der Waals surface area contributed by atoms with Gasteiger partial charge in [0.25, 0.3) is 11.2 Å². The fourth-order valence-electron chi connectivity index (χ4n) is 4.52. The first-order valence-corrected chi connectivity index (χ1v) is 10.9. The highest BCUT2D eigenvalue weighted by atomic mass is 19.4. The fourth-order valence-corrected chi connectivity index (χ4v) is 4.52. The van der Waals surface area contributed by atoms with Crippen molar-refractivity contribution in [3.05, 3.63) is 92.9 Å². The first-order chi connectivity index (χ1) is 17.6. The number of hydrogen-bond donors (Lipinski definition) is 0. The van der Waals surface area contributed by atoms with Gasteiger partial charge in [0.1, 0.15) is 16.9 Å². The first kappa shape index (κ1) is 22.5. The molecule has 0 fully saturated rings. The Morgan fingerprint density at radius 1 is 1.00 bits per heavy atom. The van der Waals surface area contributed by atoms with Crippen molar-refractivity contribution in [1.29, 1.82) is 0 Å². The minimum absolute atomic E-state index is 0.0126. The minimum atomic E-state index is -4.71. The molecular formula is C25H14F3N5O4. The number of benzene rings is 2. The molecule has 37 heavy (non-hydrogen) atoms. The number of nitro groups is 1. The standard InChI is InChI=1S/C25H14F3N5O4/c1-31-17-5-3-2-4-15(17)23-18(31)12-16(24(34)32(23)13-6-8-14(9-7-13)33(35)36)21-22-19(37-30-21)10-11-20(29-22)25(26,27)28/h2-12H,1H3. The van der Waals surface area contributed by atoms with E-state index in [1.807, 2.05) is 28.8 Å². The summed E-state index contributed by atoms with van der Waals surface area (Å²) in [4.78, 5) is 28.3. The highest BCUT2D eigenvalue weighted by Gasteiger charge is 2.33. The third-order valence-corrected chi connectivity index (χ3v) is 6.24. The molecule has 6 aromatic rings. The molecule has 0 saturated heterocycles. The number of alkyl halides is 3. The van der Waals surface area contributed by atoms with Crippen LogP contribution >= 0.6 is 0 Å². The van der Waals surface area contributed by atoms with E-state index < -0.39 is 22.4 Å². The Morgan fingerprint density at radius 2 is 1.73 bits per heavy atom. The van der Waals surface area contributed by atoms with Gasteiger partial charge < -0.3 is 9.09 Å². The normalized spacial score (nSPS) is 12.1. The topological polar surface area (TPSA) is 109 Å². The summed E-state index contributed by atoms with van der Waals surface area (Å²) in [5.74, 6) is 0. The number of pyridine rings is 2. The van der Waals surface area contributed by atoms with E-state index in [2.05, 4.69) is 10.1 Å². The van der Waals surface area contributed by atoms with Gasteiger partial charge in [0, 0.05) is 30.3 Å². The molecule has 0 aliphatic carbocycles. The van der Waals surface area contributed by atoms with Crippen molar-refractivity contribution in [3.63, 3.8) is 0 Å². The fraction of sp³-hybridized carbons (Fsp3) is 0.0800. The monoisotopic (exact) mass is 505 g/mol. The van der Waals surface area contributed by atoms with Crippen LogP contribution in [0.25, 0.3) is 50.0 Å². The number of nitrogens with zero attached hydrogens (tertiary/aromatic N) is 5. The van der Waals surface area contributed by atoms with Crippen LogP contribution in [-0.2, 0) is 13.2 Å². The average molecular weight is 505 g/mol. The molecule has 4 heterocycles. The Kier molecular flexibility index (Phi) is 4.71. The molecule has 0 radical (unpaired) electrons. The van der Waals surface area contributed by atoms with Crippen LogP contribution in [0.2, 0.25) is 0 Å². The van der Waals surface area contributed by atoms with Crippen LogP contribution in [0.5, 0.6) is 0 Å². The molecule has 0 bridgehead atoms. The van der Waals surface area contributed by atoms with E-state index in [0.717, 1.165) is 23.0 Å². The van der Waals surface area contributed by atoms with Gasteiger partial charge in [-0.05, 0) is 36.4 Å². The lowest BCUT2D eigenvalue weighted by atomic mass is 10.1. The van der Waals surface area contributed by atoms with E-state index >= 15 is 0 Å². The van der Waals surface area contributed by atoms with E-state index in [9.17, 15) is 28.1 Å². The third kappa shape index (κ3) is 3.37. The zero-order chi connectivity index (χ0) is 26.1. The lowest BCUT2D eigenvalue weighted by molar-refractivity contribution is -0.384. The maximum absolute atomic E-state index is 14.0. The summed E-state index contributed by atoms with van der Waals surface area (Å²) in [6, 6.07) is 16.2. The molecule has 0 atom stereocenters. The third-order valence-electron chi connectivity index (χ3n) is 6.24. The number of non-ortho nitro benzene ring substituents is 1. The number of aryl methyl sites for hydroxylation is 1. The van der Waals surface area contributed by atoms with Crippen LogP contribution in [0, 0.1) is 10.1 Å². The van der Waals surface area contributed by atoms with Gasteiger partial charge in [0.05, 0.1) is 27.0 Å². The Labute approximate surface area is 204 Å². The van der Waals surface area contributed by atoms with Gasteiger partial charge in [-0.3, -0.25) is 19.5 Å². The second kappa shape index (κ2) is 7.75. The zero-order valence-corrected chi connectivity index (χ0v) is 18.9. The lowest BCUT2D eigenvalue weighted by Crippen LogP contribution is -2.21. The number of rotatable bonds is 3. The van der Waals surface area contributed by atoms with Gasteiger partial charge in [-0.1, -0.05) is 23.4 Å². The van der Waals surface area contributed by atoms with Gasteiger partial charge in [-0.15, -0.1) is 0 Å². The van der Waals surface area contributed by atoms with E-state index in [0.29, 0.717) is 16.7 Å². The Morgan fingerprint density at radius 3 is 2.43 bits per heavy atom. The maximum Gasteiger partial charge on any atom is 0.433 e. The van der Waals surface area contributed by atoms with Crippen LogP contribution < -0.4 is 5.56 Å². The largest absolute Gasteiger partial charge is 0.433 e. The smallest absolute Gasteiger partial charge is 0.354 e. The van der Waals surface area contributed by atoms with E-state index in [1.54, 1.807) is 13.1 Å². The maximum atomic E-state index is 14.0. The van der Waals surface area contributed by atoms with Crippen molar-refractivity contribution >= 4 is 38.7 Å². The number of para-hydroxylation sites is 1. The molecule has 6 rings (SSSR count). The molecular weight excluding hydrogens is 491 g/mol. The van der Waals surface area contributed by atoms with Crippen molar-refractivity contribution in [1.82, 2.24) is 19.3 Å². The Balaban J connectivity index is 1.73. The highest BCUT2D eigenvalue weighted by Crippen LogP contribution is 2.35. The predicted octanol–water partition coefficient (Wildman–Crippen LogP) is 5.61. The van der Waals surface area contributed by atoms with Crippen molar-refractivity contribution in [2.24, 2.45) is 7.05 Å². The summed E-state index contributed by atoms with van der Waals surface area (Å²) in [6.45, 7) is 0. The second-order valence-electron chi connectivity index (χ2n) is 8.35. The van der Waals surface area contributed by atoms with Gasteiger partial charge >= 0.3 is 6.18 Å². The molecule has 2 aromatic carbocycles. The van der Waals surface area contributed by atoms with Crippen LogP contribution in [0.1, 0.15) is 5.69 Å². The number of halogens is 3. The van der Waals surface area contributed by atoms with Gasteiger partial charge in [0.15, 0.2) is 5.58 Å². The average Bonchev–Trinajstić information content (AvgIpc) is 3.42. The lowest BCUT2D eigenvalue weighted by Gasteiger charge is -2.11. The molecule has 0 amide bonds.